The molecule has 0 spiro atoms. The number of amides is 3. The Balaban J connectivity index is 1.48. The molecule has 0 radical (unpaired) electrons. The summed E-state index contributed by atoms with van der Waals surface area (Å²) in [5.74, 6) is -0.519. The quantitative estimate of drug-likeness (QED) is 0.0834. The molecule has 48 heavy (non-hydrogen) atoms. The Labute approximate surface area is 282 Å². The molecule has 0 saturated heterocycles. The van der Waals surface area contributed by atoms with Crippen molar-refractivity contribution in [1.29, 1.82) is 0 Å². The molecule has 12 heteroatoms. The number of rotatable bonds is 14. The summed E-state index contributed by atoms with van der Waals surface area (Å²) in [6.07, 6.45) is 1.50. The number of nitrogens with one attached hydrogen (secondary N) is 3. The van der Waals surface area contributed by atoms with Gasteiger partial charge in [-0.2, -0.15) is 0 Å². The van der Waals surface area contributed by atoms with Gasteiger partial charge in [-0.3, -0.25) is 14.4 Å². The van der Waals surface area contributed by atoms with E-state index in [9.17, 15) is 19.2 Å². The minimum Gasteiger partial charge on any atom is -0.493 e. The van der Waals surface area contributed by atoms with Crippen molar-refractivity contribution in [3.63, 3.8) is 0 Å². The summed E-state index contributed by atoms with van der Waals surface area (Å²) >= 11 is 1.27. The van der Waals surface area contributed by atoms with Crippen molar-refractivity contribution in [2.45, 2.75) is 11.8 Å². The highest BCUT2D eigenvalue weighted by atomic mass is 32.2. The van der Waals surface area contributed by atoms with Crippen LogP contribution in [0.5, 0.6) is 17.2 Å². The predicted molar refractivity (Wildman–Crippen MR) is 185 cm³/mol. The average molecular weight is 670 g/mol. The number of carbonyl (C=O) groups excluding carboxylic acids is 4. The number of hydrogen-bond donors (Lipinski definition) is 3. The molecule has 0 aliphatic rings. The number of thioether (sulfide) groups is 1. The molecule has 0 bridgehead atoms. The molecular weight excluding hydrogens is 634 g/mol. The van der Waals surface area contributed by atoms with Crippen LogP contribution in [0.25, 0.3) is 6.08 Å². The first kappa shape index (κ1) is 35.1. The highest BCUT2D eigenvalue weighted by Gasteiger charge is 2.18. The van der Waals surface area contributed by atoms with Crippen molar-refractivity contribution in [3.8, 4) is 17.2 Å². The van der Waals surface area contributed by atoms with Crippen LogP contribution >= 0.6 is 11.8 Å². The maximum Gasteiger partial charge on any atom is 0.338 e. The van der Waals surface area contributed by atoms with Crippen molar-refractivity contribution in [3.05, 3.63) is 113 Å². The van der Waals surface area contributed by atoms with Gasteiger partial charge in [0.05, 0.1) is 39.3 Å². The van der Waals surface area contributed by atoms with Crippen molar-refractivity contribution >= 4 is 52.9 Å². The Morgan fingerprint density at radius 2 is 1.42 bits per heavy atom. The molecule has 0 fully saturated rings. The highest BCUT2D eigenvalue weighted by molar-refractivity contribution is 8.00. The van der Waals surface area contributed by atoms with Crippen LogP contribution in [-0.4, -0.2) is 57.4 Å². The minimum atomic E-state index is -0.584. The van der Waals surface area contributed by atoms with Gasteiger partial charge in [0, 0.05) is 21.8 Å². The molecule has 3 N–H and O–H groups in total. The fourth-order valence-electron chi connectivity index (χ4n) is 4.41. The van der Waals surface area contributed by atoms with Gasteiger partial charge in [0.15, 0.2) is 11.5 Å². The SMILES string of the molecule is CCOC(=O)c1ccc(NC(=O)CSc2cccc(NC(=O)/C(=C\c3cc(OC)c(OC)c(OC)c3)NC(=O)c3ccccc3)c2)cc1. The largest absolute Gasteiger partial charge is 0.493 e. The van der Waals surface area contributed by atoms with Crippen molar-refractivity contribution in [2.75, 3.05) is 44.3 Å². The van der Waals surface area contributed by atoms with E-state index in [1.807, 2.05) is 6.07 Å². The summed E-state index contributed by atoms with van der Waals surface area (Å²) in [4.78, 5) is 51.9. The van der Waals surface area contributed by atoms with E-state index in [1.165, 1.54) is 39.2 Å². The second-order valence-electron chi connectivity index (χ2n) is 9.95. The van der Waals surface area contributed by atoms with Crippen LogP contribution in [0.3, 0.4) is 0 Å². The molecule has 4 rings (SSSR count). The normalized spacial score (nSPS) is 10.8. The zero-order valence-electron chi connectivity index (χ0n) is 26.8. The summed E-state index contributed by atoms with van der Waals surface area (Å²) in [6.45, 7) is 2.01. The molecule has 0 atom stereocenters. The van der Waals surface area contributed by atoms with Crippen LogP contribution in [0, 0.1) is 0 Å². The number of methoxy groups -OCH3 is 3. The average Bonchev–Trinajstić information content (AvgIpc) is 3.10. The molecule has 0 heterocycles. The van der Waals surface area contributed by atoms with Gasteiger partial charge in [-0.05, 0) is 85.3 Å². The molecule has 0 aliphatic heterocycles. The fourth-order valence-corrected chi connectivity index (χ4v) is 5.16. The summed E-state index contributed by atoms with van der Waals surface area (Å²) in [6, 6.07) is 25.2. The summed E-state index contributed by atoms with van der Waals surface area (Å²) in [5.41, 5.74) is 2.22. The van der Waals surface area contributed by atoms with Crippen LogP contribution in [0.15, 0.2) is 102 Å². The van der Waals surface area contributed by atoms with E-state index in [0.717, 1.165) is 4.90 Å². The third kappa shape index (κ3) is 9.63. The topological polar surface area (TPSA) is 141 Å². The lowest BCUT2D eigenvalue weighted by atomic mass is 10.1. The van der Waals surface area contributed by atoms with E-state index in [1.54, 1.807) is 91.9 Å². The number of hydrogen-bond acceptors (Lipinski definition) is 9. The second-order valence-corrected chi connectivity index (χ2v) is 11.0. The van der Waals surface area contributed by atoms with Crippen LogP contribution < -0.4 is 30.2 Å². The minimum absolute atomic E-state index is 0.0375. The van der Waals surface area contributed by atoms with Gasteiger partial charge in [0.1, 0.15) is 5.70 Å². The molecule has 0 saturated carbocycles. The Morgan fingerprint density at radius 3 is 2.04 bits per heavy atom. The van der Waals surface area contributed by atoms with E-state index in [4.69, 9.17) is 18.9 Å². The Morgan fingerprint density at radius 1 is 0.729 bits per heavy atom. The van der Waals surface area contributed by atoms with Crippen molar-refractivity contribution in [2.24, 2.45) is 0 Å². The number of anilines is 2. The Bertz CT molecular complexity index is 1770. The van der Waals surface area contributed by atoms with E-state index in [-0.39, 0.29) is 24.0 Å². The molecule has 11 nitrogen and oxygen atoms in total. The van der Waals surface area contributed by atoms with Crippen LogP contribution in [-0.2, 0) is 14.3 Å². The first-order valence-electron chi connectivity index (χ1n) is 14.7. The fraction of sp³-hybridized carbons (Fsp3) is 0.167. The molecular formula is C36H35N3O8S. The van der Waals surface area contributed by atoms with E-state index in [0.29, 0.717) is 45.3 Å². The van der Waals surface area contributed by atoms with E-state index >= 15 is 0 Å². The van der Waals surface area contributed by atoms with Crippen LogP contribution in [0.1, 0.15) is 33.2 Å². The molecule has 4 aromatic rings. The Hall–Kier alpha value is -5.75. The maximum atomic E-state index is 13.6. The van der Waals surface area contributed by atoms with Gasteiger partial charge in [0.25, 0.3) is 11.8 Å². The molecule has 4 aromatic carbocycles. The van der Waals surface area contributed by atoms with E-state index in [2.05, 4.69) is 16.0 Å². The van der Waals surface area contributed by atoms with Gasteiger partial charge >= 0.3 is 5.97 Å². The van der Waals surface area contributed by atoms with Gasteiger partial charge in [-0.25, -0.2) is 4.79 Å². The van der Waals surface area contributed by atoms with Gasteiger partial charge in [-0.15, -0.1) is 11.8 Å². The predicted octanol–water partition coefficient (Wildman–Crippen LogP) is 6.03. The number of benzene rings is 4. The summed E-state index contributed by atoms with van der Waals surface area (Å²) in [5, 5.41) is 8.34. The molecule has 3 amide bonds. The second kappa shape index (κ2) is 17.2. The third-order valence-corrected chi connectivity index (χ3v) is 7.66. The summed E-state index contributed by atoms with van der Waals surface area (Å²) in [7, 11) is 4.45. The van der Waals surface area contributed by atoms with Crippen molar-refractivity contribution in [1.82, 2.24) is 5.32 Å². The first-order valence-corrected chi connectivity index (χ1v) is 15.7. The zero-order valence-corrected chi connectivity index (χ0v) is 27.6. The zero-order chi connectivity index (χ0) is 34.5. The lowest BCUT2D eigenvalue weighted by Crippen LogP contribution is -2.30. The van der Waals surface area contributed by atoms with Crippen molar-refractivity contribution < 1.29 is 38.1 Å². The molecule has 0 aliphatic carbocycles. The molecule has 0 unspecified atom stereocenters. The van der Waals surface area contributed by atoms with Gasteiger partial charge in [0.2, 0.25) is 11.7 Å². The monoisotopic (exact) mass is 669 g/mol. The number of carbonyl (C=O) groups is 4. The Kier molecular flexibility index (Phi) is 12.6. The summed E-state index contributed by atoms with van der Waals surface area (Å²) < 4.78 is 21.3. The lowest BCUT2D eigenvalue weighted by molar-refractivity contribution is -0.114. The van der Waals surface area contributed by atoms with Crippen LogP contribution in [0.4, 0.5) is 11.4 Å². The first-order chi connectivity index (χ1) is 23.2. The number of esters is 1. The van der Waals surface area contributed by atoms with E-state index < -0.39 is 17.8 Å². The smallest absolute Gasteiger partial charge is 0.338 e. The van der Waals surface area contributed by atoms with Gasteiger partial charge in [-0.1, -0.05) is 24.3 Å². The number of ether oxygens (including phenoxy) is 4. The molecule has 0 aromatic heterocycles. The standard InChI is InChI=1S/C36H35N3O8S/c1-5-47-36(43)25-14-16-26(17-15-25)37-32(40)22-48-28-13-9-12-27(21-28)38-35(42)29(39-34(41)24-10-7-6-8-11-24)18-23-19-30(44-2)33(46-4)31(20-23)45-3/h6-21H,5,22H2,1-4H3,(H,37,40)(H,38,42)(H,39,41)/b29-18+. The van der Waals surface area contributed by atoms with Gasteiger partial charge < -0.3 is 34.9 Å². The lowest BCUT2D eigenvalue weighted by Gasteiger charge is -2.15. The molecule has 248 valence electrons. The highest BCUT2D eigenvalue weighted by Crippen LogP contribution is 2.38. The third-order valence-electron chi connectivity index (χ3n) is 6.67. The maximum absolute atomic E-state index is 13.6. The van der Waals surface area contributed by atoms with Crippen LogP contribution in [0.2, 0.25) is 0 Å².